The molecule has 1 aliphatic carbocycles. The summed E-state index contributed by atoms with van der Waals surface area (Å²) >= 11 is 0. The fourth-order valence-electron chi connectivity index (χ4n) is 4.19. The van der Waals surface area contributed by atoms with Crippen LogP contribution in [0.2, 0.25) is 0 Å². The molecule has 3 atom stereocenters. The van der Waals surface area contributed by atoms with Crippen LogP contribution in [-0.4, -0.2) is 59.4 Å². The number of rotatable bonds is 5. The number of carboxylic acids is 1. The van der Waals surface area contributed by atoms with E-state index in [4.69, 9.17) is 19.1 Å². The van der Waals surface area contributed by atoms with Crippen molar-refractivity contribution in [3.8, 4) is 0 Å². The van der Waals surface area contributed by atoms with Gasteiger partial charge < -0.3 is 19.6 Å². The van der Waals surface area contributed by atoms with Crippen molar-refractivity contribution in [3.63, 3.8) is 0 Å². The Morgan fingerprint density at radius 3 is 2.55 bits per heavy atom. The van der Waals surface area contributed by atoms with Crippen molar-refractivity contribution in [2.45, 2.75) is 63.5 Å². The zero-order valence-electron chi connectivity index (χ0n) is 17.5. The highest BCUT2D eigenvalue weighted by Gasteiger charge is 2.49. The maximum Gasteiger partial charge on any atom is 0.490 e. The first-order valence-electron chi connectivity index (χ1n) is 10.6. The van der Waals surface area contributed by atoms with Crippen LogP contribution in [-0.2, 0) is 20.9 Å². The number of carbonyl (C=O) groups is 2. The van der Waals surface area contributed by atoms with Gasteiger partial charge in [0.2, 0.25) is 5.91 Å². The Morgan fingerprint density at radius 1 is 1.29 bits per heavy atom. The molecule has 2 saturated heterocycles. The van der Waals surface area contributed by atoms with E-state index in [9.17, 15) is 18.0 Å². The summed E-state index contributed by atoms with van der Waals surface area (Å²) in [6, 6.07) is 3.97. The summed E-state index contributed by atoms with van der Waals surface area (Å²) in [6.07, 6.45) is 1.79. The molecular formula is C21H29F3N2O5. The van der Waals surface area contributed by atoms with Crippen LogP contribution in [0.15, 0.2) is 22.8 Å². The first-order valence-corrected chi connectivity index (χ1v) is 10.6. The van der Waals surface area contributed by atoms with E-state index >= 15 is 0 Å². The molecule has 174 valence electrons. The Labute approximate surface area is 178 Å². The fraction of sp³-hybridized carbons (Fsp3) is 0.714. The quantitative estimate of drug-likeness (QED) is 0.722. The van der Waals surface area contributed by atoms with Crippen molar-refractivity contribution < 1.29 is 37.0 Å². The lowest BCUT2D eigenvalue weighted by Crippen LogP contribution is -2.51. The van der Waals surface area contributed by atoms with E-state index in [1.165, 1.54) is 12.8 Å². The van der Waals surface area contributed by atoms with Gasteiger partial charge in [-0.1, -0.05) is 6.92 Å². The summed E-state index contributed by atoms with van der Waals surface area (Å²) < 4.78 is 43.5. The van der Waals surface area contributed by atoms with Crippen molar-refractivity contribution in [1.82, 2.24) is 10.2 Å². The van der Waals surface area contributed by atoms with Gasteiger partial charge in [0.25, 0.3) is 0 Å². The summed E-state index contributed by atoms with van der Waals surface area (Å²) in [6.45, 7) is 5.95. The average Bonchev–Trinajstić information content (AvgIpc) is 3.20. The standard InChI is InChI=1S/C19H28N2O3.C2HF3O2/c1-14-12-21(13-16-3-2-10-23-16)9-8-19(14)7-6-17(24-19)18(22)20-11-15-4-5-15;3-2(4,5)1(6)7/h2-3,10,14-15,17H,4-9,11-13H2,1H3,(H,20,22);(H,6,7)/t14-,17?,19+;/m0./s1. The molecule has 1 saturated carbocycles. The maximum atomic E-state index is 12.3. The number of amides is 1. The Bertz CT molecular complexity index is 751. The predicted molar refractivity (Wildman–Crippen MR) is 104 cm³/mol. The Kier molecular flexibility index (Phi) is 7.31. The second-order valence-corrected chi connectivity index (χ2v) is 8.67. The van der Waals surface area contributed by atoms with E-state index < -0.39 is 12.1 Å². The Morgan fingerprint density at radius 2 is 2.00 bits per heavy atom. The number of ether oxygens (including phenoxy) is 1. The number of carboxylic acid groups (broad SMARTS) is 1. The average molecular weight is 446 g/mol. The molecule has 3 aliphatic rings. The van der Waals surface area contributed by atoms with Crippen molar-refractivity contribution in [3.05, 3.63) is 24.2 Å². The number of hydrogen-bond donors (Lipinski definition) is 2. The van der Waals surface area contributed by atoms with Crippen LogP contribution in [0.5, 0.6) is 0 Å². The number of aliphatic carboxylic acids is 1. The molecule has 1 amide bonds. The molecule has 0 bridgehead atoms. The Hall–Kier alpha value is -2.07. The maximum absolute atomic E-state index is 12.3. The molecular weight excluding hydrogens is 417 g/mol. The second-order valence-electron chi connectivity index (χ2n) is 8.67. The normalized spacial score (nSPS) is 28.8. The van der Waals surface area contributed by atoms with E-state index in [2.05, 4.69) is 17.1 Å². The molecule has 3 fully saturated rings. The number of nitrogens with zero attached hydrogens (tertiary/aromatic N) is 1. The lowest BCUT2D eigenvalue weighted by molar-refractivity contribution is -0.192. The molecule has 10 heteroatoms. The van der Waals surface area contributed by atoms with Gasteiger partial charge >= 0.3 is 12.1 Å². The number of likely N-dealkylation sites (tertiary alicyclic amines) is 1. The molecule has 1 aromatic heterocycles. The van der Waals surface area contributed by atoms with E-state index in [1.807, 2.05) is 12.1 Å². The third kappa shape index (κ3) is 6.46. The number of nitrogens with one attached hydrogen (secondary N) is 1. The molecule has 1 aromatic rings. The summed E-state index contributed by atoms with van der Waals surface area (Å²) in [5.74, 6) is -0.491. The van der Waals surface area contributed by atoms with Crippen LogP contribution < -0.4 is 5.32 Å². The minimum Gasteiger partial charge on any atom is -0.475 e. The zero-order chi connectivity index (χ0) is 22.6. The van der Waals surface area contributed by atoms with Crippen LogP contribution in [0.1, 0.15) is 44.8 Å². The summed E-state index contributed by atoms with van der Waals surface area (Å²) in [5, 5.41) is 10.2. The minimum absolute atomic E-state index is 0.101. The number of alkyl halides is 3. The van der Waals surface area contributed by atoms with Crippen LogP contribution >= 0.6 is 0 Å². The molecule has 4 rings (SSSR count). The number of piperidine rings is 1. The van der Waals surface area contributed by atoms with Crippen LogP contribution in [0.3, 0.4) is 0 Å². The van der Waals surface area contributed by atoms with E-state index in [1.54, 1.807) is 6.26 Å². The third-order valence-corrected chi connectivity index (χ3v) is 6.24. The molecule has 31 heavy (non-hydrogen) atoms. The van der Waals surface area contributed by atoms with E-state index in [0.717, 1.165) is 51.2 Å². The fourth-order valence-corrected chi connectivity index (χ4v) is 4.19. The van der Waals surface area contributed by atoms with Crippen LogP contribution in [0, 0.1) is 11.8 Å². The monoisotopic (exact) mass is 446 g/mol. The summed E-state index contributed by atoms with van der Waals surface area (Å²) in [5.41, 5.74) is -0.110. The summed E-state index contributed by atoms with van der Waals surface area (Å²) in [7, 11) is 0. The second kappa shape index (κ2) is 9.60. The van der Waals surface area contributed by atoms with Gasteiger partial charge in [0, 0.05) is 19.6 Å². The lowest BCUT2D eigenvalue weighted by Gasteiger charge is -2.44. The zero-order valence-corrected chi connectivity index (χ0v) is 17.5. The molecule has 1 unspecified atom stereocenters. The number of hydrogen-bond acceptors (Lipinski definition) is 5. The molecule has 2 aliphatic heterocycles. The van der Waals surface area contributed by atoms with Gasteiger partial charge in [-0.05, 0) is 56.1 Å². The SMILES string of the molecule is C[C@H]1CN(Cc2ccco2)CC[C@]12CCC(C(=O)NCC1CC1)O2.O=C(O)C(F)(F)F. The highest BCUT2D eigenvalue weighted by Crippen LogP contribution is 2.42. The van der Waals surface area contributed by atoms with E-state index in [-0.39, 0.29) is 17.6 Å². The predicted octanol–water partition coefficient (Wildman–Crippen LogP) is 3.20. The van der Waals surface area contributed by atoms with Gasteiger partial charge in [0.15, 0.2) is 0 Å². The number of halogens is 3. The largest absolute Gasteiger partial charge is 0.490 e. The number of furan rings is 1. The van der Waals surface area contributed by atoms with Crippen LogP contribution in [0.4, 0.5) is 13.2 Å². The van der Waals surface area contributed by atoms with Crippen molar-refractivity contribution in [2.24, 2.45) is 11.8 Å². The molecule has 2 N–H and O–H groups in total. The Balaban J connectivity index is 0.000000339. The minimum atomic E-state index is -5.08. The smallest absolute Gasteiger partial charge is 0.475 e. The molecule has 0 radical (unpaired) electrons. The van der Waals surface area contributed by atoms with Gasteiger partial charge in [0.1, 0.15) is 11.9 Å². The van der Waals surface area contributed by atoms with Crippen molar-refractivity contribution in [1.29, 1.82) is 0 Å². The molecule has 7 nitrogen and oxygen atoms in total. The molecule has 1 spiro atoms. The molecule has 0 aromatic carbocycles. The van der Waals surface area contributed by atoms with E-state index in [0.29, 0.717) is 11.8 Å². The summed E-state index contributed by atoms with van der Waals surface area (Å²) in [4.78, 5) is 23.7. The topological polar surface area (TPSA) is 92.0 Å². The first kappa shape index (κ1) is 23.6. The van der Waals surface area contributed by atoms with Crippen molar-refractivity contribution >= 4 is 11.9 Å². The highest BCUT2D eigenvalue weighted by molar-refractivity contribution is 5.81. The third-order valence-electron chi connectivity index (χ3n) is 6.24. The van der Waals surface area contributed by atoms with Gasteiger partial charge in [-0.25, -0.2) is 4.79 Å². The molecule has 3 heterocycles. The van der Waals surface area contributed by atoms with Crippen molar-refractivity contribution in [2.75, 3.05) is 19.6 Å². The lowest BCUT2D eigenvalue weighted by atomic mass is 9.80. The van der Waals surface area contributed by atoms with Gasteiger partial charge in [-0.15, -0.1) is 0 Å². The van der Waals surface area contributed by atoms with Gasteiger partial charge in [0.05, 0.1) is 18.4 Å². The van der Waals surface area contributed by atoms with Gasteiger partial charge in [-0.3, -0.25) is 9.69 Å². The number of carbonyl (C=O) groups excluding carboxylic acids is 1. The van der Waals surface area contributed by atoms with Crippen LogP contribution in [0.25, 0.3) is 0 Å². The highest BCUT2D eigenvalue weighted by atomic mass is 19.4. The van der Waals surface area contributed by atoms with Gasteiger partial charge in [-0.2, -0.15) is 13.2 Å². The first-order chi connectivity index (χ1) is 14.6.